The molecule has 0 unspecified atom stereocenters. The largest absolute Gasteiger partial charge is 0.466 e. The Bertz CT molecular complexity index is 440. The van der Waals surface area contributed by atoms with Gasteiger partial charge in [0.1, 0.15) is 5.82 Å². The number of carbonyl (C=O) groups is 1. The van der Waals surface area contributed by atoms with E-state index in [2.05, 4.69) is 4.74 Å². The van der Waals surface area contributed by atoms with E-state index in [0.29, 0.717) is 23.4 Å². The molecule has 2 N–H and O–H groups in total. The predicted octanol–water partition coefficient (Wildman–Crippen LogP) is 3.01. The van der Waals surface area contributed by atoms with Gasteiger partial charge in [0.15, 0.2) is 0 Å². The molecule has 0 atom stereocenters. The van der Waals surface area contributed by atoms with E-state index < -0.39 is 0 Å². The number of anilines is 1. The number of methoxy groups -OCH3 is 1. The fourth-order valence-electron chi connectivity index (χ4n) is 1.41. The number of hydrogen-bond donors (Lipinski definition) is 1. The van der Waals surface area contributed by atoms with Crippen LogP contribution >= 0.6 is 11.8 Å². The number of ether oxygens (including phenoxy) is 1. The first-order valence-corrected chi connectivity index (χ1v) is 6.51. The number of thioether (sulfide) groups is 1. The number of nitrogens with two attached hydrogens (primary N) is 1. The number of nitrogen functional groups attached to an aromatic ring is 1. The molecule has 0 heterocycles. The zero-order valence-corrected chi connectivity index (χ0v) is 11.2. The molecule has 0 saturated heterocycles. The second-order valence-corrected chi connectivity index (χ2v) is 4.70. The molecule has 0 aliphatic heterocycles. The average Bonchev–Trinajstić information content (AvgIpc) is 2.32. The van der Waals surface area contributed by atoms with Crippen molar-refractivity contribution in [2.75, 3.05) is 18.6 Å². The zero-order valence-electron chi connectivity index (χ0n) is 10.4. The molecular formula is C13H16FNO2S. The molecular weight excluding hydrogens is 253 g/mol. The fourth-order valence-corrected chi connectivity index (χ4v) is 2.30. The lowest BCUT2D eigenvalue weighted by Crippen LogP contribution is -2.04. The standard InChI is InChI=1S/C13H16FNO2S/c1-3-9(13(16)17-2)4-5-18-12-7-10(14)6-11(15)8-12/h4,6-8H,3,5,15H2,1-2H3. The van der Waals surface area contributed by atoms with Crippen molar-refractivity contribution in [3.63, 3.8) is 0 Å². The van der Waals surface area contributed by atoms with E-state index in [1.54, 1.807) is 12.1 Å². The molecule has 1 aromatic carbocycles. The summed E-state index contributed by atoms with van der Waals surface area (Å²) < 4.78 is 17.7. The van der Waals surface area contributed by atoms with Crippen LogP contribution in [-0.2, 0) is 9.53 Å². The number of benzene rings is 1. The molecule has 18 heavy (non-hydrogen) atoms. The van der Waals surface area contributed by atoms with E-state index in [0.717, 1.165) is 4.90 Å². The van der Waals surface area contributed by atoms with Crippen LogP contribution in [-0.4, -0.2) is 18.8 Å². The highest BCUT2D eigenvalue weighted by molar-refractivity contribution is 7.99. The minimum absolute atomic E-state index is 0.322. The van der Waals surface area contributed by atoms with Crippen molar-refractivity contribution < 1.29 is 13.9 Å². The Morgan fingerprint density at radius 3 is 2.78 bits per heavy atom. The maximum absolute atomic E-state index is 13.1. The minimum Gasteiger partial charge on any atom is -0.466 e. The summed E-state index contributed by atoms with van der Waals surface area (Å²) in [6.07, 6.45) is 2.40. The van der Waals surface area contributed by atoms with Crippen molar-refractivity contribution in [3.8, 4) is 0 Å². The van der Waals surface area contributed by atoms with Gasteiger partial charge in [0.25, 0.3) is 0 Å². The van der Waals surface area contributed by atoms with E-state index >= 15 is 0 Å². The maximum atomic E-state index is 13.1. The Hall–Kier alpha value is -1.49. The Kier molecular flexibility index (Phi) is 5.71. The Balaban J connectivity index is 2.64. The van der Waals surface area contributed by atoms with Crippen LogP contribution in [0.3, 0.4) is 0 Å². The molecule has 0 spiro atoms. The highest BCUT2D eigenvalue weighted by Gasteiger charge is 2.06. The lowest BCUT2D eigenvalue weighted by atomic mass is 10.2. The molecule has 0 aromatic heterocycles. The average molecular weight is 269 g/mol. The van der Waals surface area contributed by atoms with E-state index in [-0.39, 0.29) is 11.8 Å². The van der Waals surface area contributed by atoms with Gasteiger partial charge in [0, 0.05) is 21.9 Å². The summed E-state index contributed by atoms with van der Waals surface area (Å²) in [4.78, 5) is 12.1. The Labute approximate surface area is 110 Å². The Morgan fingerprint density at radius 1 is 1.50 bits per heavy atom. The van der Waals surface area contributed by atoms with Crippen LogP contribution in [0.1, 0.15) is 13.3 Å². The highest BCUT2D eigenvalue weighted by atomic mass is 32.2. The van der Waals surface area contributed by atoms with E-state index in [9.17, 15) is 9.18 Å². The normalized spacial score (nSPS) is 11.4. The minimum atomic E-state index is -0.356. The van der Waals surface area contributed by atoms with E-state index in [1.165, 1.54) is 31.0 Å². The van der Waals surface area contributed by atoms with E-state index in [4.69, 9.17) is 5.73 Å². The number of rotatable bonds is 5. The first-order valence-electron chi connectivity index (χ1n) is 5.53. The SMILES string of the molecule is CCC(=CCSc1cc(N)cc(F)c1)C(=O)OC. The quantitative estimate of drug-likeness (QED) is 0.386. The summed E-state index contributed by atoms with van der Waals surface area (Å²) in [6.45, 7) is 1.88. The molecule has 1 aromatic rings. The smallest absolute Gasteiger partial charge is 0.333 e. The summed E-state index contributed by atoms with van der Waals surface area (Å²) >= 11 is 1.42. The summed E-state index contributed by atoms with van der Waals surface area (Å²) in [5.41, 5.74) is 6.56. The third-order valence-electron chi connectivity index (χ3n) is 2.30. The third kappa shape index (κ3) is 4.41. The molecule has 0 fully saturated rings. The monoisotopic (exact) mass is 269 g/mol. The first-order chi connectivity index (χ1) is 8.56. The van der Waals surface area contributed by atoms with Crippen LogP contribution in [0.4, 0.5) is 10.1 Å². The van der Waals surface area contributed by atoms with Crippen LogP contribution in [0.15, 0.2) is 34.7 Å². The van der Waals surface area contributed by atoms with Gasteiger partial charge in [-0.25, -0.2) is 9.18 Å². The van der Waals surface area contributed by atoms with Gasteiger partial charge in [-0.1, -0.05) is 13.0 Å². The highest BCUT2D eigenvalue weighted by Crippen LogP contribution is 2.22. The van der Waals surface area contributed by atoms with Crippen molar-refractivity contribution in [3.05, 3.63) is 35.7 Å². The molecule has 0 radical (unpaired) electrons. The van der Waals surface area contributed by atoms with Crippen LogP contribution in [0.25, 0.3) is 0 Å². The van der Waals surface area contributed by atoms with E-state index in [1.807, 2.05) is 6.92 Å². The van der Waals surface area contributed by atoms with Crippen molar-refractivity contribution in [1.82, 2.24) is 0 Å². The molecule has 98 valence electrons. The molecule has 1 rings (SSSR count). The van der Waals surface area contributed by atoms with Crippen LogP contribution in [0, 0.1) is 5.82 Å². The van der Waals surface area contributed by atoms with Crippen molar-refractivity contribution in [2.45, 2.75) is 18.2 Å². The zero-order chi connectivity index (χ0) is 13.5. The summed E-state index contributed by atoms with van der Waals surface area (Å²) in [5, 5.41) is 0. The molecule has 5 heteroatoms. The lowest BCUT2D eigenvalue weighted by molar-refractivity contribution is -0.136. The molecule has 0 aliphatic rings. The van der Waals surface area contributed by atoms with Crippen LogP contribution < -0.4 is 5.73 Å². The Morgan fingerprint density at radius 2 is 2.22 bits per heavy atom. The first kappa shape index (κ1) is 14.6. The van der Waals surface area contributed by atoms with Gasteiger partial charge in [0.2, 0.25) is 0 Å². The number of esters is 1. The maximum Gasteiger partial charge on any atom is 0.333 e. The summed E-state index contributed by atoms with van der Waals surface area (Å²) in [7, 11) is 1.35. The van der Waals surface area contributed by atoms with Crippen molar-refractivity contribution in [2.24, 2.45) is 0 Å². The third-order valence-corrected chi connectivity index (χ3v) is 3.20. The molecule has 0 aliphatic carbocycles. The predicted molar refractivity (Wildman–Crippen MR) is 71.9 cm³/mol. The van der Waals surface area contributed by atoms with Gasteiger partial charge in [0.05, 0.1) is 7.11 Å². The molecule has 3 nitrogen and oxygen atoms in total. The lowest BCUT2D eigenvalue weighted by Gasteiger charge is -2.03. The van der Waals surface area contributed by atoms with Gasteiger partial charge >= 0.3 is 5.97 Å². The molecule has 0 saturated carbocycles. The van der Waals surface area contributed by atoms with Crippen molar-refractivity contribution in [1.29, 1.82) is 0 Å². The van der Waals surface area contributed by atoms with Crippen LogP contribution in [0.5, 0.6) is 0 Å². The second-order valence-electron chi connectivity index (χ2n) is 3.61. The molecule has 0 amide bonds. The summed E-state index contributed by atoms with van der Waals surface area (Å²) in [6, 6.07) is 4.38. The number of halogens is 1. The second kappa shape index (κ2) is 7.06. The topological polar surface area (TPSA) is 52.3 Å². The molecule has 0 bridgehead atoms. The van der Waals surface area contributed by atoms with Gasteiger partial charge < -0.3 is 10.5 Å². The van der Waals surface area contributed by atoms with Gasteiger partial charge in [-0.15, -0.1) is 11.8 Å². The van der Waals surface area contributed by atoms with Gasteiger partial charge in [-0.2, -0.15) is 0 Å². The summed E-state index contributed by atoms with van der Waals surface area (Å²) in [5.74, 6) is -0.108. The fraction of sp³-hybridized carbons (Fsp3) is 0.308. The number of carbonyl (C=O) groups excluding carboxylic acids is 1. The van der Waals surface area contributed by atoms with Crippen molar-refractivity contribution >= 4 is 23.4 Å². The number of hydrogen-bond acceptors (Lipinski definition) is 4. The van der Waals surface area contributed by atoms with Crippen LogP contribution in [0.2, 0.25) is 0 Å². The van der Waals surface area contributed by atoms with Gasteiger partial charge in [-0.05, 0) is 24.6 Å². The van der Waals surface area contributed by atoms with Gasteiger partial charge in [-0.3, -0.25) is 0 Å².